The van der Waals surface area contributed by atoms with E-state index in [0.29, 0.717) is 17.1 Å². The van der Waals surface area contributed by atoms with Crippen LogP contribution < -0.4 is 5.32 Å². The molecule has 3 aromatic rings. The maximum atomic E-state index is 11.9. The van der Waals surface area contributed by atoms with Gasteiger partial charge in [0.1, 0.15) is 5.69 Å². The highest BCUT2D eigenvalue weighted by atomic mass is 16.5. The van der Waals surface area contributed by atoms with Gasteiger partial charge in [-0.2, -0.15) is 4.98 Å². The van der Waals surface area contributed by atoms with Crippen molar-refractivity contribution >= 4 is 5.91 Å². The molecule has 1 amide bonds. The first-order valence-corrected chi connectivity index (χ1v) is 6.25. The Hall–Kier alpha value is -3.09. The molecule has 0 aliphatic heterocycles. The van der Waals surface area contributed by atoms with Gasteiger partial charge in [-0.25, -0.2) is 4.98 Å². The van der Waals surface area contributed by atoms with Crippen LogP contribution in [0, 0.1) is 0 Å². The van der Waals surface area contributed by atoms with Crippen molar-refractivity contribution in [2.75, 3.05) is 0 Å². The molecule has 0 saturated carbocycles. The first-order valence-electron chi connectivity index (χ1n) is 6.25. The normalized spacial score (nSPS) is 10.3. The van der Waals surface area contributed by atoms with E-state index in [-0.39, 0.29) is 18.3 Å². The van der Waals surface area contributed by atoms with Gasteiger partial charge < -0.3 is 9.84 Å². The molecule has 0 saturated heterocycles. The number of benzene rings is 1. The van der Waals surface area contributed by atoms with Crippen molar-refractivity contribution in [3.05, 3.63) is 60.3 Å². The van der Waals surface area contributed by atoms with Crippen molar-refractivity contribution in [1.29, 1.82) is 0 Å². The molecule has 0 radical (unpaired) electrons. The number of hydrogen-bond donors (Lipinski definition) is 1. The molecule has 104 valence electrons. The van der Waals surface area contributed by atoms with Crippen molar-refractivity contribution in [2.45, 2.75) is 6.54 Å². The Kier molecular flexibility index (Phi) is 3.64. The summed E-state index contributed by atoms with van der Waals surface area (Å²) in [6.07, 6.45) is 4.62. The van der Waals surface area contributed by atoms with Gasteiger partial charge in [-0.1, -0.05) is 23.4 Å². The van der Waals surface area contributed by atoms with Crippen LogP contribution in [0.5, 0.6) is 0 Å². The number of aromatic nitrogens is 4. The molecule has 2 aromatic heterocycles. The van der Waals surface area contributed by atoms with Crippen LogP contribution in [0.2, 0.25) is 0 Å². The lowest BCUT2D eigenvalue weighted by Crippen LogP contribution is -2.23. The summed E-state index contributed by atoms with van der Waals surface area (Å²) in [5.74, 6) is 0.452. The predicted octanol–water partition coefficient (Wildman–Crippen LogP) is 1.46. The van der Waals surface area contributed by atoms with Crippen molar-refractivity contribution in [3.63, 3.8) is 0 Å². The third-order valence-electron chi connectivity index (χ3n) is 2.69. The summed E-state index contributed by atoms with van der Waals surface area (Å²) in [4.78, 5) is 24.0. The molecular weight excluding hydrogens is 270 g/mol. The second-order valence-corrected chi connectivity index (χ2v) is 4.16. The van der Waals surface area contributed by atoms with E-state index in [9.17, 15) is 4.79 Å². The number of nitrogens with zero attached hydrogens (tertiary/aromatic N) is 4. The maximum absolute atomic E-state index is 11.9. The minimum Gasteiger partial charge on any atom is -0.345 e. The zero-order chi connectivity index (χ0) is 14.5. The summed E-state index contributed by atoms with van der Waals surface area (Å²) < 4.78 is 5.07. The van der Waals surface area contributed by atoms with Crippen molar-refractivity contribution in [2.24, 2.45) is 0 Å². The Labute approximate surface area is 120 Å². The van der Waals surface area contributed by atoms with Crippen molar-refractivity contribution in [1.82, 2.24) is 25.4 Å². The molecule has 0 atom stereocenters. The summed E-state index contributed by atoms with van der Waals surface area (Å²) in [5, 5.41) is 6.51. The highest BCUT2D eigenvalue weighted by Crippen LogP contribution is 2.11. The SMILES string of the molecule is O=C(NCc1noc(-c2cnccn2)n1)c1ccccc1. The number of nitrogens with one attached hydrogen (secondary N) is 1. The third-order valence-corrected chi connectivity index (χ3v) is 2.69. The van der Waals surface area contributed by atoms with E-state index in [2.05, 4.69) is 25.4 Å². The summed E-state index contributed by atoms with van der Waals surface area (Å²) in [7, 11) is 0. The Bertz CT molecular complexity index is 727. The Balaban J connectivity index is 1.64. The van der Waals surface area contributed by atoms with Gasteiger partial charge in [0.2, 0.25) is 0 Å². The number of carbonyl (C=O) groups excluding carboxylic acids is 1. The molecule has 0 aliphatic carbocycles. The van der Waals surface area contributed by atoms with E-state index >= 15 is 0 Å². The molecule has 0 unspecified atom stereocenters. The fourth-order valence-electron chi connectivity index (χ4n) is 1.69. The van der Waals surface area contributed by atoms with Gasteiger partial charge in [-0.05, 0) is 12.1 Å². The van der Waals surface area contributed by atoms with E-state index in [1.807, 2.05) is 6.07 Å². The average Bonchev–Trinajstić information content (AvgIpc) is 3.03. The average molecular weight is 281 g/mol. The Morgan fingerprint density at radius 3 is 2.81 bits per heavy atom. The van der Waals surface area contributed by atoms with Crippen molar-refractivity contribution in [3.8, 4) is 11.6 Å². The van der Waals surface area contributed by atoms with Gasteiger partial charge in [0.25, 0.3) is 11.8 Å². The summed E-state index contributed by atoms with van der Waals surface area (Å²) in [6.45, 7) is 0.178. The van der Waals surface area contributed by atoms with Gasteiger partial charge in [-0.3, -0.25) is 9.78 Å². The zero-order valence-corrected chi connectivity index (χ0v) is 10.9. The number of rotatable bonds is 4. The molecular formula is C14H11N5O2. The van der Waals surface area contributed by atoms with E-state index in [4.69, 9.17) is 4.52 Å². The minimum absolute atomic E-state index is 0.178. The van der Waals surface area contributed by atoms with Gasteiger partial charge in [0.05, 0.1) is 12.7 Å². The second kappa shape index (κ2) is 5.91. The maximum Gasteiger partial charge on any atom is 0.278 e. The van der Waals surface area contributed by atoms with Crippen LogP contribution >= 0.6 is 0 Å². The van der Waals surface area contributed by atoms with Crippen molar-refractivity contribution < 1.29 is 9.32 Å². The van der Waals surface area contributed by atoms with Crippen LogP contribution in [0.15, 0.2) is 53.4 Å². The van der Waals surface area contributed by atoms with Crippen LogP contribution in [0.4, 0.5) is 0 Å². The lowest BCUT2D eigenvalue weighted by atomic mass is 10.2. The third kappa shape index (κ3) is 3.08. The van der Waals surface area contributed by atoms with Crippen LogP contribution in [0.3, 0.4) is 0 Å². The second-order valence-electron chi connectivity index (χ2n) is 4.16. The van der Waals surface area contributed by atoms with Gasteiger partial charge in [0, 0.05) is 18.0 Å². The molecule has 7 heteroatoms. The first kappa shape index (κ1) is 12.9. The van der Waals surface area contributed by atoms with Crippen LogP contribution in [-0.2, 0) is 6.54 Å². The van der Waals surface area contributed by atoms with E-state index in [1.165, 1.54) is 12.4 Å². The molecule has 21 heavy (non-hydrogen) atoms. The number of amides is 1. The van der Waals surface area contributed by atoms with Gasteiger partial charge in [-0.15, -0.1) is 0 Å². The monoisotopic (exact) mass is 281 g/mol. The smallest absolute Gasteiger partial charge is 0.278 e. The number of carbonyl (C=O) groups is 1. The fraction of sp³-hybridized carbons (Fsp3) is 0.0714. The number of hydrogen-bond acceptors (Lipinski definition) is 6. The quantitative estimate of drug-likeness (QED) is 0.778. The standard InChI is InChI=1S/C14H11N5O2/c20-13(10-4-2-1-3-5-10)17-9-12-18-14(21-19-12)11-8-15-6-7-16-11/h1-8H,9H2,(H,17,20). The fourth-order valence-corrected chi connectivity index (χ4v) is 1.69. The molecule has 3 rings (SSSR count). The van der Waals surface area contributed by atoms with E-state index in [0.717, 1.165) is 0 Å². The molecule has 0 bridgehead atoms. The topological polar surface area (TPSA) is 93.8 Å². The molecule has 0 fully saturated rings. The largest absolute Gasteiger partial charge is 0.345 e. The molecule has 7 nitrogen and oxygen atoms in total. The summed E-state index contributed by atoms with van der Waals surface area (Å²) in [6, 6.07) is 8.92. The van der Waals surface area contributed by atoms with Gasteiger partial charge in [0.15, 0.2) is 5.82 Å². The molecule has 0 aliphatic rings. The zero-order valence-electron chi connectivity index (χ0n) is 10.9. The highest BCUT2D eigenvalue weighted by Gasteiger charge is 2.11. The Morgan fingerprint density at radius 1 is 1.19 bits per heavy atom. The van der Waals surface area contributed by atoms with E-state index < -0.39 is 0 Å². The highest BCUT2D eigenvalue weighted by molar-refractivity contribution is 5.93. The first-order chi connectivity index (χ1) is 10.3. The molecule has 1 N–H and O–H groups in total. The Morgan fingerprint density at radius 2 is 2.05 bits per heavy atom. The molecule has 1 aromatic carbocycles. The lowest BCUT2D eigenvalue weighted by Gasteiger charge is -2.01. The van der Waals surface area contributed by atoms with Crippen LogP contribution in [0.25, 0.3) is 11.6 Å². The van der Waals surface area contributed by atoms with E-state index in [1.54, 1.807) is 30.5 Å². The van der Waals surface area contributed by atoms with Crippen LogP contribution in [0.1, 0.15) is 16.2 Å². The summed E-state index contributed by atoms with van der Waals surface area (Å²) in [5.41, 5.74) is 1.07. The lowest BCUT2D eigenvalue weighted by molar-refractivity contribution is 0.0949. The minimum atomic E-state index is -0.193. The summed E-state index contributed by atoms with van der Waals surface area (Å²) >= 11 is 0. The van der Waals surface area contributed by atoms with Gasteiger partial charge >= 0.3 is 0 Å². The molecule has 0 spiro atoms. The predicted molar refractivity (Wildman–Crippen MR) is 72.9 cm³/mol. The van der Waals surface area contributed by atoms with Crippen LogP contribution in [-0.4, -0.2) is 26.0 Å². The molecule has 2 heterocycles.